The molecule has 132 valence electrons. The lowest BCUT2D eigenvalue weighted by atomic mass is 9.78. The van der Waals surface area contributed by atoms with Gasteiger partial charge in [-0.1, -0.05) is 11.2 Å². The summed E-state index contributed by atoms with van der Waals surface area (Å²) in [6.07, 6.45) is 10.1. The molecule has 2 aromatic rings. The van der Waals surface area contributed by atoms with E-state index in [0.29, 0.717) is 18.6 Å². The number of hydrogen-bond donors (Lipinski definition) is 2. The second-order valence-corrected chi connectivity index (χ2v) is 7.17. The van der Waals surface area contributed by atoms with E-state index >= 15 is 0 Å². The Morgan fingerprint density at radius 2 is 2.08 bits per heavy atom. The van der Waals surface area contributed by atoms with Crippen LogP contribution >= 0.6 is 0 Å². The van der Waals surface area contributed by atoms with Gasteiger partial charge < -0.3 is 14.9 Å². The first-order chi connectivity index (χ1) is 12.2. The Kier molecular flexibility index (Phi) is 4.29. The highest BCUT2D eigenvalue weighted by molar-refractivity contribution is 5.93. The van der Waals surface area contributed by atoms with Crippen molar-refractivity contribution in [2.45, 2.75) is 63.0 Å². The number of pyridine rings is 1. The summed E-state index contributed by atoms with van der Waals surface area (Å²) in [6.45, 7) is 0. The number of hydrogen-bond acceptors (Lipinski definition) is 5. The number of fused-ring (bicyclic) bond motifs is 1. The van der Waals surface area contributed by atoms with E-state index < -0.39 is 5.60 Å². The second kappa shape index (κ2) is 6.59. The first-order valence-electron chi connectivity index (χ1n) is 9.07. The van der Waals surface area contributed by atoms with Crippen LogP contribution in [-0.4, -0.2) is 27.2 Å². The van der Waals surface area contributed by atoms with Crippen molar-refractivity contribution in [1.82, 2.24) is 15.5 Å². The summed E-state index contributed by atoms with van der Waals surface area (Å²) in [7, 11) is 0. The largest absolute Gasteiger partial charge is 0.385 e. The molecule has 0 atom stereocenters. The van der Waals surface area contributed by atoms with Gasteiger partial charge in [-0.25, -0.2) is 0 Å². The molecule has 0 saturated heterocycles. The lowest BCUT2D eigenvalue weighted by Gasteiger charge is -2.36. The van der Waals surface area contributed by atoms with Gasteiger partial charge in [-0.3, -0.25) is 9.78 Å². The summed E-state index contributed by atoms with van der Waals surface area (Å²) in [4.78, 5) is 16.7. The molecule has 6 nitrogen and oxygen atoms in total. The summed E-state index contributed by atoms with van der Waals surface area (Å²) >= 11 is 0. The molecule has 1 amide bonds. The molecule has 0 spiro atoms. The third-order valence-electron chi connectivity index (χ3n) is 5.51. The number of carbonyl (C=O) groups is 1. The second-order valence-electron chi connectivity index (χ2n) is 7.17. The summed E-state index contributed by atoms with van der Waals surface area (Å²) in [5.74, 6) is 0.204. The fraction of sp³-hybridized carbons (Fsp3) is 0.526. The molecule has 2 aliphatic rings. The Labute approximate surface area is 146 Å². The molecule has 1 saturated carbocycles. The van der Waals surface area contributed by atoms with Crippen molar-refractivity contribution in [3.05, 3.63) is 47.1 Å². The van der Waals surface area contributed by atoms with Crippen molar-refractivity contribution in [1.29, 1.82) is 0 Å². The van der Waals surface area contributed by atoms with E-state index in [1.165, 1.54) is 0 Å². The Morgan fingerprint density at radius 1 is 1.28 bits per heavy atom. The molecule has 6 heteroatoms. The topological polar surface area (TPSA) is 88.2 Å². The van der Waals surface area contributed by atoms with Crippen LogP contribution in [0.15, 0.2) is 29.0 Å². The molecule has 0 bridgehead atoms. The fourth-order valence-corrected chi connectivity index (χ4v) is 3.99. The molecule has 0 aliphatic heterocycles. The Bertz CT molecular complexity index is 749. The minimum absolute atomic E-state index is 0.0498. The summed E-state index contributed by atoms with van der Waals surface area (Å²) in [5.41, 5.74) is 1.92. The van der Waals surface area contributed by atoms with Gasteiger partial charge in [-0.2, -0.15) is 0 Å². The minimum atomic E-state index is -0.846. The van der Waals surface area contributed by atoms with E-state index in [4.69, 9.17) is 4.52 Å². The number of amides is 1. The van der Waals surface area contributed by atoms with Crippen LogP contribution in [0, 0.1) is 0 Å². The maximum absolute atomic E-state index is 12.6. The first kappa shape index (κ1) is 16.3. The Hall–Kier alpha value is -2.21. The third kappa shape index (κ3) is 3.18. The molecule has 2 N–H and O–H groups in total. The van der Waals surface area contributed by atoms with Gasteiger partial charge in [0.2, 0.25) is 5.76 Å². The monoisotopic (exact) mass is 341 g/mol. The summed E-state index contributed by atoms with van der Waals surface area (Å²) in [6, 6.07) is 3.80. The predicted molar refractivity (Wildman–Crippen MR) is 91.0 cm³/mol. The predicted octanol–water partition coefficient (Wildman–Crippen LogP) is 2.51. The number of carbonyl (C=O) groups excluding carboxylic acids is 1. The van der Waals surface area contributed by atoms with E-state index in [1.54, 1.807) is 12.4 Å². The lowest BCUT2D eigenvalue weighted by molar-refractivity contribution is -0.00843. The molecule has 0 unspecified atom stereocenters. The third-order valence-corrected chi connectivity index (χ3v) is 5.51. The molecule has 0 radical (unpaired) electrons. The smallest absolute Gasteiger partial charge is 0.290 e. The number of aryl methyl sites for hydroxylation is 1. The highest BCUT2D eigenvalue weighted by atomic mass is 16.5. The van der Waals surface area contributed by atoms with E-state index in [9.17, 15) is 9.90 Å². The van der Waals surface area contributed by atoms with Crippen LogP contribution in [0.25, 0.3) is 0 Å². The standard InChI is InChI=1S/C19H23N3O3/c23-18(17-15-5-1-2-6-16(15)22-25-17)21-14-7-9-19(24,10-8-14)13-4-3-11-20-12-13/h3-4,11-12,14,24H,1-2,5-10H2,(H,21,23). The maximum Gasteiger partial charge on any atom is 0.290 e. The van der Waals surface area contributed by atoms with E-state index in [2.05, 4.69) is 15.5 Å². The number of aromatic nitrogens is 2. The maximum atomic E-state index is 12.6. The van der Waals surface area contributed by atoms with Crippen molar-refractivity contribution >= 4 is 5.91 Å². The van der Waals surface area contributed by atoms with Crippen LogP contribution in [0.3, 0.4) is 0 Å². The molecule has 1 fully saturated rings. The number of nitrogens with one attached hydrogen (secondary N) is 1. The average Bonchev–Trinajstić information content (AvgIpc) is 3.09. The van der Waals surface area contributed by atoms with Gasteiger partial charge in [0.1, 0.15) is 0 Å². The molecule has 0 aromatic carbocycles. The van der Waals surface area contributed by atoms with Gasteiger partial charge in [0.05, 0.1) is 11.3 Å². The van der Waals surface area contributed by atoms with Crippen LogP contribution in [0.5, 0.6) is 0 Å². The van der Waals surface area contributed by atoms with Crippen LogP contribution in [0.4, 0.5) is 0 Å². The molecule has 4 rings (SSSR count). The molecule has 2 heterocycles. The zero-order chi connectivity index (χ0) is 17.3. The first-order valence-corrected chi connectivity index (χ1v) is 9.07. The highest BCUT2D eigenvalue weighted by Crippen LogP contribution is 2.36. The normalized spacial score (nSPS) is 26.0. The number of aliphatic hydroxyl groups is 1. The molecule has 2 aromatic heterocycles. The van der Waals surface area contributed by atoms with E-state index in [1.807, 2.05) is 12.1 Å². The van der Waals surface area contributed by atoms with Gasteiger partial charge in [-0.05, 0) is 57.4 Å². The zero-order valence-corrected chi connectivity index (χ0v) is 14.2. The lowest BCUT2D eigenvalue weighted by Crippen LogP contribution is -2.42. The van der Waals surface area contributed by atoms with Crippen LogP contribution in [0.1, 0.15) is 65.9 Å². The van der Waals surface area contributed by atoms with E-state index in [0.717, 1.165) is 55.3 Å². The van der Waals surface area contributed by atoms with Crippen LogP contribution < -0.4 is 5.32 Å². The van der Waals surface area contributed by atoms with Crippen molar-refractivity contribution in [2.75, 3.05) is 0 Å². The Morgan fingerprint density at radius 3 is 2.84 bits per heavy atom. The molecule has 2 aliphatic carbocycles. The van der Waals surface area contributed by atoms with Crippen LogP contribution in [0.2, 0.25) is 0 Å². The molecular formula is C19H23N3O3. The van der Waals surface area contributed by atoms with Crippen molar-refractivity contribution in [3.8, 4) is 0 Å². The van der Waals surface area contributed by atoms with Crippen LogP contribution in [-0.2, 0) is 18.4 Å². The van der Waals surface area contributed by atoms with Crippen molar-refractivity contribution in [2.24, 2.45) is 0 Å². The van der Waals surface area contributed by atoms with Gasteiger partial charge in [-0.15, -0.1) is 0 Å². The molecule has 25 heavy (non-hydrogen) atoms. The summed E-state index contributed by atoms with van der Waals surface area (Å²) in [5, 5.41) is 18.0. The van der Waals surface area contributed by atoms with Gasteiger partial charge in [0.25, 0.3) is 5.91 Å². The number of nitrogens with zero attached hydrogens (tertiary/aromatic N) is 2. The average molecular weight is 341 g/mol. The quantitative estimate of drug-likeness (QED) is 0.895. The summed E-state index contributed by atoms with van der Waals surface area (Å²) < 4.78 is 5.31. The van der Waals surface area contributed by atoms with E-state index in [-0.39, 0.29) is 11.9 Å². The van der Waals surface area contributed by atoms with Crippen molar-refractivity contribution in [3.63, 3.8) is 0 Å². The van der Waals surface area contributed by atoms with Gasteiger partial charge in [0.15, 0.2) is 0 Å². The molecular weight excluding hydrogens is 318 g/mol. The van der Waals surface area contributed by atoms with Gasteiger partial charge in [0, 0.05) is 29.6 Å². The minimum Gasteiger partial charge on any atom is -0.385 e. The van der Waals surface area contributed by atoms with Gasteiger partial charge >= 0.3 is 0 Å². The Balaban J connectivity index is 1.39. The SMILES string of the molecule is O=C(NC1CCC(O)(c2cccnc2)CC1)c1onc2c1CCCC2. The highest BCUT2D eigenvalue weighted by Gasteiger charge is 2.36. The fourth-order valence-electron chi connectivity index (χ4n) is 3.99. The van der Waals surface area contributed by atoms with Crippen molar-refractivity contribution < 1.29 is 14.4 Å². The zero-order valence-electron chi connectivity index (χ0n) is 14.2. The number of rotatable bonds is 3.